The minimum atomic E-state index is 0.0557. The van der Waals surface area contributed by atoms with E-state index in [-0.39, 0.29) is 17.5 Å². The number of ether oxygens (including phenoxy) is 1. The summed E-state index contributed by atoms with van der Waals surface area (Å²) in [6.45, 7) is 7.17. The van der Waals surface area contributed by atoms with Gasteiger partial charge in [0.05, 0.1) is 24.9 Å². The van der Waals surface area contributed by atoms with Crippen LogP contribution < -0.4 is 4.74 Å². The van der Waals surface area contributed by atoms with Gasteiger partial charge in [0.15, 0.2) is 0 Å². The summed E-state index contributed by atoms with van der Waals surface area (Å²) in [7, 11) is 1.73. The normalized spacial score (nSPS) is 22.9. The molecule has 0 bridgehead atoms. The lowest BCUT2D eigenvalue weighted by molar-refractivity contribution is 0.0619. The van der Waals surface area contributed by atoms with Crippen molar-refractivity contribution in [3.63, 3.8) is 0 Å². The van der Waals surface area contributed by atoms with E-state index in [1.54, 1.807) is 7.11 Å². The molecule has 0 amide bonds. The lowest BCUT2D eigenvalue weighted by Gasteiger charge is -2.36. The third kappa shape index (κ3) is 2.81. The van der Waals surface area contributed by atoms with Crippen LogP contribution >= 0.6 is 0 Å². The fourth-order valence-corrected chi connectivity index (χ4v) is 6.01. The second-order valence-corrected chi connectivity index (χ2v) is 9.87. The summed E-state index contributed by atoms with van der Waals surface area (Å²) in [6.07, 6.45) is 1.02. The molecule has 3 aliphatic heterocycles. The molecule has 0 saturated carbocycles. The zero-order chi connectivity index (χ0) is 22.7. The van der Waals surface area contributed by atoms with Crippen LogP contribution in [-0.4, -0.2) is 23.2 Å². The van der Waals surface area contributed by atoms with Crippen molar-refractivity contribution in [2.24, 2.45) is 5.41 Å². The Morgan fingerprint density at radius 3 is 2.00 bits per heavy atom. The van der Waals surface area contributed by atoms with E-state index in [2.05, 4.69) is 116 Å². The molecule has 3 aromatic rings. The van der Waals surface area contributed by atoms with Crippen LogP contribution in [0.1, 0.15) is 49.9 Å². The van der Waals surface area contributed by atoms with Crippen molar-refractivity contribution >= 4 is 11.3 Å². The number of methoxy groups -OCH3 is 1. The monoisotopic (exact) mass is 434 g/mol. The molecule has 0 N–H and O–H groups in total. The molecule has 6 rings (SSSR count). The number of rotatable bonds is 4. The highest BCUT2D eigenvalue weighted by Crippen LogP contribution is 2.63. The Balaban J connectivity index is 1.61. The fraction of sp³-hybridized carbons (Fsp3) is 0.267. The van der Waals surface area contributed by atoms with Crippen LogP contribution in [0.25, 0.3) is 11.3 Å². The van der Waals surface area contributed by atoms with Gasteiger partial charge in [0.2, 0.25) is 0 Å². The van der Waals surface area contributed by atoms with Crippen LogP contribution in [0.5, 0.6) is 5.75 Å². The van der Waals surface area contributed by atoms with Crippen molar-refractivity contribution in [1.29, 1.82) is 0 Å². The number of benzene rings is 3. The van der Waals surface area contributed by atoms with Crippen molar-refractivity contribution in [3.05, 3.63) is 113 Å². The first-order valence-corrected chi connectivity index (χ1v) is 11.8. The highest BCUT2D eigenvalue weighted by molar-refractivity contribution is 5.96. The van der Waals surface area contributed by atoms with Crippen LogP contribution in [-0.2, 0) is 0 Å². The van der Waals surface area contributed by atoms with Crippen LogP contribution in [0, 0.1) is 5.41 Å². The zero-order valence-electron chi connectivity index (χ0n) is 19.7. The van der Waals surface area contributed by atoms with Gasteiger partial charge in [-0.25, -0.2) is 0 Å². The molecule has 166 valence electrons. The Kier molecular flexibility index (Phi) is 4.45. The Bertz CT molecular complexity index is 1260. The Hall–Kier alpha value is -3.46. The van der Waals surface area contributed by atoms with Crippen LogP contribution in [0.15, 0.2) is 96.2 Å². The molecule has 33 heavy (non-hydrogen) atoms. The van der Waals surface area contributed by atoms with Crippen molar-refractivity contribution < 1.29 is 4.74 Å². The van der Waals surface area contributed by atoms with E-state index in [0.717, 1.165) is 12.2 Å². The van der Waals surface area contributed by atoms with Gasteiger partial charge in [0.1, 0.15) is 5.75 Å². The standard InChI is InChI=1S/C30H30N2O/c1-20-25-19-26(21-15-17-24(33-4)18-16-21)31-28(23-13-9-6-10-14-23)27(22-11-7-5-8-12-22)29(32(25)31)30(20,2)3/h5-18,26,29H,19H2,1-4H3/t26-,29-/m1/s1. The minimum Gasteiger partial charge on any atom is -0.497 e. The molecule has 3 heteroatoms. The lowest BCUT2D eigenvalue weighted by Crippen LogP contribution is -2.40. The van der Waals surface area contributed by atoms with E-state index in [9.17, 15) is 0 Å². The largest absolute Gasteiger partial charge is 0.497 e. The van der Waals surface area contributed by atoms with Gasteiger partial charge in [0, 0.05) is 28.7 Å². The second kappa shape index (κ2) is 7.28. The lowest BCUT2D eigenvalue weighted by atomic mass is 9.75. The van der Waals surface area contributed by atoms with Gasteiger partial charge in [-0.1, -0.05) is 86.6 Å². The van der Waals surface area contributed by atoms with Crippen LogP contribution in [0.2, 0.25) is 0 Å². The molecule has 2 atom stereocenters. The predicted octanol–water partition coefficient (Wildman–Crippen LogP) is 6.92. The van der Waals surface area contributed by atoms with Gasteiger partial charge in [-0.05, 0) is 35.8 Å². The SMILES string of the molecule is COc1ccc([C@H]2CC3=C(C)C(C)(C)[C@H]4C(c5ccccc5)=C(c5ccccc5)N2N34)cc1. The van der Waals surface area contributed by atoms with Crippen molar-refractivity contribution in [3.8, 4) is 5.75 Å². The van der Waals surface area contributed by atoms with Gasteiger partial charge in [0.25, 0.3) is 0 Å². The van der Waals surface area contributed by atoms with Gasteiger partial charge in [-0.2, -0.15) is 0 Å². The Morgan fingerprint density at radius 1 is 0.788 bits per heavy atom. The molecule has 3 heterocycles. The summed E-state index contributed by atoms with van der Waals surface area (Å²) in [5.41, 5.74) is 9.72. The van der Waals surface area contributed by atoms with E-state index < -0.39 is 0 Å². The summed E-state index contributed by atoms with van der Waals surface area (Å²) in [5.74, 6) is 0.900. The van der Waals surface area contributed by atoms with Crippen LogP contribution in [0.3, 0.4) is 0 Å². The highest BCUT2D eigenvalue weighted by Gasteiger charge is 2.59. The third-order valence-electron chi connectivity index (χ3n) is 7.91. The highest BCUT2D eigenvalue weighted by atomic mass is 16.5. The smallest absolute Gasteiger partial charge is 0.118 e. The van der Waals surface area contributed by atoms with Crippen molar-refractivity contribution in [2.75, 3.05) is 7.11 Å². The maximum atomic E-state index is 5.43. The molecule has 0 aliphatic carbocycles. The third-order valence-corrected chi connectivity index (χ3v) is 7.91. The summed E-state index contributed by atoms with van der Waals surface area (Å²) >= 11 is 0. The molecule has 0 aromatic heterocycles. The molecule has 3 nitrogen and oxygen atoms in total. The second-order valence-electron chi connectivity index (χ2n) is 9.87. The topological polar surface area (TPSA) is 15.7 Å². The number of hydrogen-bond donors (Lipinski definition) is 0. The maximum Gasteiger partial charge on any atom is 0.118 e. The summed E-state index contributed by atoms with van der Waals surface area (Å²) in [5, 5.41) is 5.21. The minimum absolute atomic E-state index is 0.0557. The fourth-order valence-electron chi connectivity index (χ4n) is 6.01. The van der Waals surface area contributed by atoms with Gasteiger partial charge >= 0.3 is 0 Å². The van der Waals surface area contributed by atoms with E-state index in [1.807, 2.05) is 0 Å². The molecule has 0 spiro atoms. The number of hydrogen-bond acceptors (Lipinski definition) is 3. The van der Waals surface area contributed by atoms with Gasteiger partial charge in [-0.15, -0.1) is 0 Å². The van der Waals surface area contributed by atoms with Crippen molar-refractivity contribution in [2.45, 2.75) is 39.3 Å². The zero-order valence-corrected chi connectivity index (χ0v) is 19.7. The molecule has 1 saturated heterocycles. The summed E-state index contributed by atoms with van der Waals surface area (Å²) in [6, 6.07) is 31.1. The summed E-state index contributed by atoms with van der Waals surface area (Å²) in [4.78, 5) is 0. The van der Waals surface area contributed by atoms with E-state index in [1.165, 1.54) is 39.2 Å². The van der Waals surface area contributed by atoms with E-state index in [0.29, 0.717) is 0 Å². The first kappa shape index (κ1) is 20.2. The molecular weight excluding hydrogens is 404 g/mol. The maximum absolute atomic E-state index is 5.43. The van der Waals surface area contributed by atoms with E-state index in [4.69, 9.17) is 4.74 Å². The quantitative estimate of drug-likeness (QED) is 0.443. The van der Waals surface area contributed by atoms with Crippen molar-refractivity contribution in [1.82, 2.24) is 10.0 Å². The van der Waals surface area contributed by atoms with Gasteiger partial charge in [-0.3, -0.25) is 10.0 Å². The average molecular weight is 435 g/mol. The average Bonchev–Trinajstić information content (AvgIpc) is 3.46. The van der Waals surface area contributed by atoms with E-state index >= 15 is 0 Å². The Labute approximate surface area is 196 Å². The molecule has 0 radical (unpaired) electrons. The summed E-state index contributed by atoms with van der Waals surface area (Å²) < 4.78 is 5.43. The van der Waals surface area contributed by atoms with Crippen LogP contribution in [0.4, 0.5) is 0 Å². The molecule has 3 aromatic carbocycles. The Morgan fingerprint density at radius 2 is 1.39 bits per heavy atom. The first-order valence-electron chi connectivity index (χ1n) is 11.8. The van der Waals surface area contributed by atoms with Gasteiger partial charge < -0.3 is 4.74 Å². The first-order chi connectivity index (χ1) is 16.0. The predicted molar refractivity (Wildman–Crippen MR) is 134 cm³/mol. The number of nitrogens with zero attached hydrogens (tertiary/aromatic N) is 2. The molecular formula is C30H30N2O. The number of hydrazine groups is 1. The molecule has 0 unspecified atom stereocenters. The molecule has 1 fully saturated rings. The molecule has 3 aliphatic rings.